The van der Waals surface area contributed by atoms with E-state index in [4.69, 9.17) is 23.2 Å². The molecule has 4 nitrogen and oxygen atoms in total. The smallest absolute Gasteiger partial charge is 0.255 e. The maximum atomic E-state index is 12.2. The second kappa shape index (κ2) is 5.21. The van der Waals surface area contributed by atoms with Gasteiger partial charge in [-0.05, 0) is 18.9 Å². The number of halogens is 2. The lowest BCUT2D eigenvalue weighted by molar-refractivity contribution is 0.0677. The summed E-state index contributed by atoms with van der Waals surface area (Å²) in [6.45, 7) is 0.614. The number of pyridine rings is 1. The minimum absolute atomic E-state index is 0.0256. The van der Waals surface area contributed by atoms with Crippen LogP contribution in [0.2, 0.25) is 10.2 Å². The molecule has 1 saturated heterocycles. The van der Waals surface area contributed by atoms with Gasteiger partial charge in [0.25, 0.3) is 5.91 Å². The molecule has 1 N–H and O–H groups in total. The van der Waals surface area contributed by atoms with Gasteiger partial charge in [0.2, 0.25) is 0 Å². The van der Waals surface area contributed by atoms with Gasteiger partial charge in [0.15, 0.2) is 0 Å². The van der Waals surface area contributed by atoms with E-state index in [1.54, 1.807) is 4.90 Å². The Bertz CT molecular complexity index is 439. The number of likely N-dealkylation sites (tertiary alicyclic amines) is 1. The maximum absolute atomic E-state index is 12.2. The van der Waals surface area contributed by atoms with Gasteiger partial charge in [-0.1, -0.05) is 23.2 Å². The molecule has 0 aliphatic carbocycles. The van der Waals surface area contributed by atoms with E-state index in [-0.39, 0.29) is 28.7 Å². The number of carbonyl (C=O) groups excluding carboxylic acids is 1. The summed E-state index contributed by atoms with van der Waals surface area (Å²) in [7, 11) is 0. The van der Waals surface area contributed by atoms with E-state index in [0.717, 1.165) is 12.8 Å². The van der Waals surface area contributed by atoms with Crippen molar-refractivity contribution >= 4 is 29.1 Å². The minimum atomic E-state index is -0.198. The molecule has 92 valence electrons. The highest BCUT2D eigenvalue weighted by Gasteiger charge is 2.29. The van der Waals surface area contributed by atoms with Gasteiger partial charge in [-0.15, -0.1) is 0 Å². The van der Waals surface area contributed by atoms with Crippen LogP contribution in [0.25, 0.3) is 0 Å². The quantitative estimate of drug-likeness (QED) is 0.840. The van der Waals surface area contributed by atoms with Crippen molar-refractivity contribution in [1.29, 1.82) is 0 Å². The lowest BCUT2D eigenvalue weighted by atomic mass is 10.2. The van der Waals surface area contributed by atoms with Crippen molar-refractivity contribution in [1.82, 2.24) is 9.88 Å². The molecule has 17 heavy (non-hydrogen) atoms. The molecule has 0 aromatic carbocycles. The molecule has 2 rings (SSSR count). The van der Waals surface area contributed by atoms with Gasteiger partial charge in [-0.25, -0.2) is 4.98 Å². The van der Waals surface area contributed by atoms with E-state index in [1.807, 2.05) is 0 Å². The topological polar surface area (TPSA) is 53.4 Å². The molecule has 0 saturated carbocycles. The van der Waals surface area contributed by atoms with Gasteiger partial charge in [0.05, 0.1) is 23.2 Å². The Balaban J connectivity index is 2.27. The van der Waals surface area contributed by atoms with Crippen molar-refractivity contribution in [3.05, 3.63) is 28.0 Å². The lowest BCUT2D eigenvalue weighted by Gasteiger charge is -2.23. The standard InChI is InChI=1S/C11H12Cl2N2O2/c12-9-5-14-10(13)4-8(9)11(17)15-3-1-2-7(15)6-16/h4-5,7,16H,1-3,6H2. The highest BCUT2D eigenvalue weighted by molar-refractivity contribution is 6.35. The monoisotopic (exact) mass is 274 g/mol. The first-order chi connectivity index (χ1) is 8.13. The number of amides is 1. The van der Waals surface area contributed by atoms with Gasteiger partial charge in [0.1, 0.15) is 5.15 Å². The Labute approximate surface area is 109 Å². The zero-order valence-corrected chi connectivity index (χ0v) is 10.6. The van der Waals surface area contributed by atoms with E-state index in [0.29, 0.717) is 12.1 Å². The van der Waals surface area contributed by atoms with Crippen LogP contribution in [0.4, 0.5) is 0 Å². The first kappa shape index (κ1) is 12.6. The highest BCUT2D eigenvalue weighted by Crippen LogP contribution is 2.24. The molecular weight excluding hydrogens is 263 g/mol. The zero-order valence-electron chi connectivity index (χ0n) is 9.07. The first-order valence-corrected chi connectivity index (χ1v) is 6.12. The number of aromatic nitrogens is 1. The van der Waals surface area contributed by atoms with Gasteiger partial charge in [0, 0.05) is 12.7 Å². The van der Waals surface area contributed by atoms with E-state index < -0.39 is 0 Å². The van der Waals surface area contributed by atoms with Crippen LogP contribution >= 0.6 is 23.2 Å². The number of carbonyl (C=O) groups is 1. The third kappa shape index (κ3) is 2.54. The van der Waals surface area contributed by atoms with Crippen molar-refractivity contribution in [2.45, 2.75) is 18.9 Å². The predicted molar refractivity (Wildman–Crippen MR) is 65.4 cm³/mol. The summed E-state index contributed by atoms with van der Waals surface area (Å²) < 4.78 is 0. The summed E-state index contributed by atoms with van der Waals surface area (Å²) in [5, 5.41) is 9.71. The zero-order chi connectivity index (χ0) is 12.4. The molecule has 1 aromatic rings. The molecule has 1 amide bonds. The molecular formula is C11H12Cl2N2O2. The third-order valence-corrected chi connectivity index (χ3v) is 3.41. The Morgan fingerprint density at radius 3 is 3.06 bits per heavy atom. The summed E-state index contributed by atoms with van der Waals surface area (Å²) in [6.07, 6.45) is 3.08. The Morgan fingerprint density at radius 1 is 1.59 bits per heavy atom. The molecule has 1 fully saturated rings. The van der Waals surface area contributed by atoms with Crippen LogP contribution in [0.15, 0.2) is 12.3 Å². The van der Waals surface area contributed by atoms with E-state index in [9.17, 15) is 9.90 Å². The highest BCUT2D eigenvalue weighted by atomic mass is 35.5. The van der Waals surface area contributed by atoms with Gasteiger partial charge in [-0.2, -0.15) is 0 Å². The number of hydrogen-bond acceptors (Lipinski definition) is 3. The van der Waals surface area contributed by atoms with E-state index >= 15 is 0 Å². The molecule has 1 aliphatic heterocycles. The van der Waals surface area contributed by atoms with Gasteiger partial charge >= 0.3 is 0 Å². The fraction of sp³-hybridized carbons (Fsp3) is 0.455. The van der Waals surface area contributed by atoms with Crippen molar-refractivity contribution in [3.63, 3.8) is 0 Å². The molecule has 1 aliphatic rings. The average molecular weight is 275 g/mol. The first-order valence-electron chi connectivity index (χ1n) is 5.36. The molecule has 2 heterocycles. The lowest BCUT2D eigenvalue weighted by Crippen LogP contribution is -2.37. The van der Waals surface area contributed by atoms with Crippen molar-refractivity contribution in [3.8, 4) is 0 Å². The van der Waals surface area contributed by atoms with Gasteiger partial charge < -0.3 is 10.0 Å². The predicted octanol–water partition coefficient (Wildman–Crippen LogP) is 1.99. The number of aliphatic hydroxyl groups is 1. The fourth-order valence-corrected chi connectivity index (χ4v) is 2.37. The largest absolute Gasteiger partial charge is 0.394 e. The molecule has 6 heteroatoms. The number of nitrogens with zero attached hydrogens (tertiary/aromatic N) is 2. The van der Waals surface area contributed by atoms with Crippen LogP contribution in [0, 0.1) is 0 Å². The molecule has 0 radical (unpaired) electrons. The summed E-state index contributed by atoms with van der Waals surface area (Å²) in [5.41, 5.74) is 0.340. The van der Waals surface area contributed by atoms with Crippen molar-refractivity contribution in [2.24, 2.45) is 0 Å². The summed E-state index contributed by atoms with van der Waals surface area (Å²) in [4.78, 5) is 17.7. The van der Waals surface area contributed by atoms with Crippen LogP contribution in [-0.4, -0.2) is 40.1 Å². The summed E-state index contributed by atoms with van der Waals surface area (Å²) in [6, 6.07) is 1.34. The van der Waals surface area contributed by atoms with Crippen LogP contribution < -0.4 is 0 Å². The third-order valence-electron chi connectivity index (χ3n) is 2.90. The number of aliphatic hydroxyl groups excluding tert-OH is 1. The van der Waals surface area contributed by atoms with E-state index in [1.165, 1.54) is 12.3 Å². The molecule has 1 aromatic heterocycles. The van der Waals surface area contributed by atoms with Crippen molar-refractivity contribution < 1.29 is 9.90 Å². The molecule has 0 spiro atoms. The normalized spacial score (nSPS) is 19.7. The summed E-state index contributed by atoms with van der Waals surface area (Å²) >= 11 is 11.7. The van der Waals surface area contributed by atoms with Crippen LogP contribution in [0.5, 0.6) is 0 Å². The molecule has 1 unspecified atom stereocenters. The Morgan fingerprint density at radius 2 is 2.35 bits per heavy atom. The second-order valence-corrected chi connectivity index (χ2v) is 4.76. The van der Waals surface area contributed by atoms with Crippen LogP contribution in [0.3, 0.4) is 0 Å². The van der Waals surface area contributed by atoms with E-state index in [2.05, 4.69) is 4.98 Å². The number of hydrogen-bond donors (Lipinski definition) is 1. The Hall–Kier alpha value is -0.840. The second-order valence-electron chi connectivity index (χ2n) is 3.96. The molecule has 1 atom stereocenters. The van der Waals surface area contributed by atoms with Gasteiger partial charge in [-0.3, -0.25) is 4.79 Å². The fourth-order valence-electron chi connectivity index (χ4n) is 2.02. The number of rotatable bonds is 2. The maximum Gasteiger partial charge on any atom is 0.255 e. The molecule has 0 bridgehead atoms. The van der Waals surface area contributed by atoms with Crippen molar-refractivity contribution in [2.75, 3.05) is 13.2 Å². The Kier molecular flexibility index (Phi) is 3.86. The van der Waals surface area contributed by atoms with Crippen LogP contribution in [-0.2, 0) is 0 Å². The average Bonchev–Trinajstić information content (AvgIpc) is 2.79. The SMILES string of the molecule is O=C(c1cc(Cl)ncc1Cl)N1CCCC1CO. The van der Waals surface area contributed by atoms with Crippen LogP contribution in [0.1, 0.15) is 23.2 Å². The minimum Gasteiger partial charge on any atom is -0.394 e. The summed E-state index contributed by atoms with van der Waals surface area (Å²) in [5.74, 6) is -0.198.